The third kappa shape index (κ3) is 4.49. The second kappa shape index (κ2) is 8.69. The lowest BCUT2D eigenvalue weighted by Crippen LogP contribution is -2.28. The number of aryl methyl sites for hydroxylation is 1. The van der Waals surface area contributed by atoms with Crippen LogP contribution in [-0.4, -0.2) is 29.3 Å². The van der Waals surface area contributed by atoms with Gasteiger partial charge in [-0.25, -0.2) is 4.98 Å². The van der Waals surface area contributed by atoms with Crippen molar-refractivity contribution < 1.29 is 14.4 Å². The summed E-state index contributed by atoms with van der Waals surface area (Å²) < 4.78 is 0. The Balaban J connectivity index is 1.39. The van der Waals surface area contributed by atoms with E-state index in [4.69, 9.17) is 0 Å². The number of nitrogens with zero attached hydrogens (tertiary/aromatic N) is 2. The molecule has 3 aromatic rings. The zero-order valence-corrected chi connectivity index (χ0v) is 18.0. The van der Waals surface area contributed by atoms with Gasteiger partial charge in [0.1, 0.15) is 0 Å². The maximum atomic E-state index is 12.7. The molecule has 0 bridgehead atoms. The number of nitrogens with one attached hydrogen (secondary N) is 2. The summed E-state index contributed by atoms with van der Waals surface area (Å²) in [6.45, 7) is 4.34. The van der Waals surface area contributed by atoms with Gasteiger partial charge >= 0.3 is 0 Å². The topological polar surface area (TPSA) is 91.4 Å². The molecule has 1 aliphatic rings. The molecule has 3 amide bonds. The lowest BCUT2D eigenvalue weighted by Gasteiger charge is -2.20. The van der Waals surface area contributed by atoms with Crippen molar-refractivity contribution in [1.29, 1.82) is 0 Å². The molecule has 8 heteroatoms. The number of hydrogen-bond donors (Lipinski definition) is 2. The number of carbonyl (C=O) groups excluding carboxylic acids is 3. The standard InChI is InChI=1S/C23H22N4O3S/c1-14-4-3-5-19(15(14)2)27-13-17(12-20(27)28)22(30)25-18-8-6-16(7-9-18)21(29)26-23-24-10-11-31-23/h3-11,17H,12-13H2,1-2H3,(H,25,30)(H,24,26,29)/t17-/m1/s1. The molecule has 0 radical (unpaired) electrons. The molecule has 7 nitrogen and oxygen atoms in total. The second-order valence-electron chi connectivity index (χ2n) is 7.48. The largest absolute Gasteiger partial charge is 0.326 e. The Bertz CT molecular complexity index is 1130. The molecule has 0 saturated carbocycles. The Morgan fingerprint density at radius 1 is 1.10 bits per heavy atom. The summed E-state index contributed by atoms with van der Waals surface area (Å²) in [4.78, 5) is 43.3. The molecule has 2 N–H and O–H groups in total. The number of rotatable bonds is 5. The Morgan fingerprint density at radius 2 is 1.87 bits per heavy atom. The maximum Gasteiger partial charge on any atom is 0.257 e. The number of anilines is 3. The van der Waals surface area contributed by atoms with Gasteiger partial charge in [0.2, 0.25) is 11.8 Å². The molecule has 1 aromatic heterocycles. The molecule has 4 rings (SSSR count). The lowest BCUT2D eigenvalue weighted by molar-refractivity contribution is -0.122. The average molecular weight is 435 g/mol. The first-order valence-corrected chi connectivity index (χ1v) is 10.8. The van der Waals surface area contributed by atoms with E-state index in [2.05, 4.69) is 15.6 Å². The predicted octanol–water partition coefficient (Wildman–Crippen LogP) is 4.00. The van der Waals surface area contributed by atoms with Crippen molar-refractivity contribution in [3.8, 4) is 0 Å². The van der Waals surface area contributed by atoms with E-state index in [1.165, 1.54) is 11.3 Å². The molecular weight excluding hydrogens is 412 g/mol. The van der Waals surface area contributed by atoms with Crippen molar-refractivity contribution >= 4 is 45.6 Å². The van der Waals surface area contributed by atoms with Crippen LogP contribution in [0.5, 0.6) is 0 Å². The smallest absolute Gasteiger partial charge is 0.257 e. The van der Waals surface area contributed by atoms with Crippen LogP contribution in [0.25, 0.3) is 0 Å². The van der Waals surface area contributed by atoms with Gasteiger partial charge in [0.15, 0.2) is 5.13 Å². The van der Waals surface area contributed by atoms with E-state index in [1.807, 2.05) is 32.0 Å². The van der Waals surface area contributed by atoms with Crippen LogP contribution in [0.1, 0.15) is 27.9 Å². The third-order valence-corrected chi connectivity index (χ3v) is 6.12. The molecule has 1 atom stereocenters. The van der Waals surface area contributed by atoms with Crippen molar-refractivity contribution in [2.24, 2.45) is 5.92 Å². The highest BCUT2D eigenvalue weighted by molar-refractivity contribution is 7.13. The van der Waals surface area contributed by atoms with Crippen LogP contribution >= 0.6 is 11.3 Å². The number of aromatic nitrogens is 1. The van der Waals surface area contributed by atoms with E-state index in [1.54, 1.807) is 40.7 Å². The SMILES string of the molecule is Cc1cccc(N2C[C@H](C(=O)Nc3ccc(C(=O)Nc4nccs4)cc3)CC2=O)c1C. The zero-order chi connectivity index (χ0) is 22.0. The van der Waals surface area contributed by atoms with Crippen LogP contribution in [0.2, 0.25) is 0 Å². The summed E-state index contributed by atoms with van der Waals surface area (Å²) in [6.07, 6.45) is 1.79. The molecule has 0 aliphatic carbocycles. The molecule has 31 heavy (non-hydrogen) atoms. The Labute approximate surface area is 184 Å². The van der Waals surface area contributed by atoms with E-state index in [9.17, 15) is 14.4 Å². The van der Waals surface area contributed by atoms with Crippen molar-refractivity contribution in [1.82, 2.24) is 4.98 Å². The van der Waals surface area contributed by atoms with Gasteiger partial charge in [0, 0.05) is 41.5 Å². The maximum absolute atomic E-state index is 12.7. The Kier molecular flexibility index (Phi) is 5.81. The quantitative estimate of drug-likeness (QED) is 0.635. The van der Waals surface area contributed by atoms with Crippen LogP contribution < -0.4 is 15.5 Å². The fourth-order valence-corrected chi connectivity index (χ4v) is 4.07. The van der Waals surface area contributed by atoms with E-state index >= 15 is 0 Å². The van der Waals surface area contributed by atoms with Gasteiger partial charge in [-0.05, 0) is 55.3 Å². The molecule has 0 unspecified atom stereocenters. The fraction of sp³-hybridized carbons (Fsp3) is 0.217. The number of carbonyl (C=O) groups is 3. The number of benzene rings is 2. The van der Waals surface area contributed by atoms with Gasteiger partial charge < -0.3 is 10.2 Å². The predicted molar refractivity (Wildman–Crippen MR) is 122 cm³/mol. The first-order valence-electron chi connectivity index (χ1n) is 9.90. The van der Waals surface area contributed by atoms with Gasteiger partial charge in [-0.1, -0.05) is 12.1 Å². The van der Waals surface area contributed by atoms with E-state index in [0.717, 1.165) is 16.8 Å². The van der Waals surface area contributed by atoms with Crippen LogP contribution in [0.4, 0.5) is 16.5 Å². The van der Waals surface area contributed by atoms with Gasteiger partial charge in [0.25, 0.3) is 5.91 Å². The fourth-order valence-electron chi connectivity index (χ4n) is 3.55. The number of hydrogen-bond acceptors (Lipinski definition) is 5. The first-order chi connectivity index (χ1) is 14.9. The molecule has 1 saturated heterocycles. The van der Waals surface area contributed by atoms with Crippen molar-refractivity contribution in [2.45, 2.75) is 20.3 Å². The number of amides is 3. The monoisotopic (exact) mass is 434 g/mol. The van der Waals surface area contributed by atoms with Crippen LogP contribution in [0.15, 0.2) is 54.0 Å². The average Bonchev–Trinajstić information content (AvgIpc) is 3.40. The highest BCUT2D eigenvalue weighted by Crippen LogP contribution is 2.30. The minimum atomic E-state index is -0.430. The summed E-state index contributed by atoms with van der Waals surface area (Å²) in [5.41, 5.74) is 4.05. The van der Waals surface area contributed by atoms with Gasteiger partial charge in [-0.15, -0.1) is 11.3 Å². The lowest BCUT2D eigenvalue weighted by atomic mass is 10.1. The minimum Gasteiger partial charge on any atom is -0.326 e. The van der Waals surface area contributed by atoms with Gasteiger partial charge in [-0.3, -0.25) is 19.7 Å². The van der Waals surface area contributed by atoms with Crippen molar-refractivity contribution in [3.63, 3.8) is 0 Å². The Morgan fingerprint density at radius 3 is 2.58 bits per heavy atom. The Hall–Kier alpha value is -3.52. The van der Waals surface area contributed by atoms with Crippen LogP contribution in [0, 0.1) is 19.8 Å². The van der Waals surface area contributed by atoms with E-state index < -0.39 is 5.92 Å². The summed E-state index contributed by atoms with van der Waals surface area (Å²) in [6, 6.07) is 12.5. The summed E-state index contributed by atoms with van der Waals surface area (Å²) in [5.74, 6) is -0.956. The van der Waals surface area contributed by atoms with Crippen molar-refractivity contribution in [3.05, 3.63) is 70.7 Å². The zero-order valence-electron chi connectivity index (χ0n) is 17.2. The highest BCUT2D eigenvalue weighted by Gasteiger charge is 2.35. The molecule has 0 spiro atoms. The van der Waals surface area contributed by atoms with E-state index in [0.29, 0.717) is 22.9 Å². The second-order valence-corrected chi connectivity index (χ2v) is 8.38. The van der Waals surface area contributed by atoms with Gasteiger partial charge in [0.05, 0.1) is 5.92 Å². The number of thiazole rings is 1. The van der Waals surface area contributed by atoms with Crippen LogP contribution in [0.3, 0.4) is 0 Å². The van der Waals surface area contributed by atoms with Gasteiger partial charge in [-0.2, -0.15) is 0 Å². The van der Waals surface area contributed by atoms with Crippen LogP contribution in [-0.2, 0) is 9.59 Å². The molecule has 1 aliphatic heterocycles. The van der Waals surface area contributed by atoms with Crippen molar-refractivity contribution in [2.75, 3.05) is 22.1 Å². The normalized spacial score (nSPS) is 15.7. The highest BCUT2D eigenvalue weighted by atomic mass is 32.1. The molecule has 2 heterocycles. The molecule has 2 aromatic carbocycles. The molecule has 1 fully saturated rings. The first kappa shape index (κ1) is 20.7. The van der Waals surface area contributed by atoms with E-state index in [-0.39, 0.29) is 24.1 Å². The molecule has 158 valence electrons. The third-order valence-electron chi connectivity index (χ3n) is 5.43. The minimum absolute atomic E-state index is 0.0527. The summed E-state index contributed by atoms with van der Waals surface area (Å²) >= 11 is 1.34. The molecular formula is C23H22N4O3S. The summed E-state index contributed by atoms with van der Waals surface area (Å²) in [7, 11) is 0. The summed E-state index contributed by atoms with van der Waals surface area (Å²) in [5, 5.41) is 7.88.